The van der Waals surface area contributed by atoms with Crippen LogP contribution in [0.5, 0.6) is 0 Å². The van der Waals surface area contributed by atoms with Gasteiger partial charge in [-0.05, 0) is 61.7 Å². The third kappa shape index (κ3) is 5.00. The molecule has 3 rings (SSSR count). The van der Waals surface area contributed by atoms with Crippen molar-refractivity contribution in [3.63, 3.8) is 0 Å². The summed E-state index contributed by atoms with van der Waals surface area (Å²) in [5, 5.41) is 3.10. The molecule has 0 radical (unpaired) electrons. The maximum absolute atomic E-state index is 12.4. The molecular weight excluding hydrogens is 322 g/mol. The second kappa shape index (κ2) is 8.43. The first-order valence-electron chi connectivity index (χ1n) is 10.3. The summed E-state index contributed by atoms with van der Waals surface area (Å²) in [6.45, 7) is 11.7. The lowest BCUT2D eigenvalue weighted by Gasteiger charge is -2.36. The Balaban J connectivity index is 1.38. The van der Waals surface area contributed by atoms with Gasteiger partial charge in [0.25, 0.3) is 0 Å². The number of piperidine rings is 1. The van der Waals surface area contributed by atoms with Gasteiger partial charge in [0.05, 0.1) is 0 Å². The average molecular weight is 358 g/mol. The van der Waals surface area contributed by atoms with Gasteiger partial charge in [-0.25, -0.2) is 4.79 Å². The molecule has 0 aliphatic carbocycles. The van der Waals surface area contributed by atoms with Crippen LogP contribution in [0.1, 0.15) is 57.6 Å². The molecule has 144 valence electrons. The quantitative estimate of drug-likeness (QED) is 0.890. The molecule has 2 saturated heterocycles. The molecule has 2 amide bonds. The van der Waals surface area contributed by atoms with E-state index in [-0.39, 0.29) is 11.4 Å². The minimum Gasteiger partial charge on any atom is -0.338 e. The molecule has 0 aromatic heterocycles. The van der Waals surface area contributed by atoms with E-state index in [0.717, 1.165) is 32.4 Å². The first kappa shape index (κ1) is 19.2. The molecule has 0 saturated carbocycles. The van der Waals surface area contributed by atoms with E-state index < -0.39 is 0 Å². The second-order valence-corrected chi connectivity index (χ2v) is 8.89. The minimum atomic E-state index is 0.108. The van der Waals surface area contributed by atoms with Crippen molar-refractivity contribution in [2.45, 2.75) is 64.3 Å². The van der Waals surface area contributed by atoms with Crippen LogP contribution < -0.4 is 5.32 Å². The molecular formula is C22H35N3O. The average Bonchev–Trinajstić information content (AvgIpc) is 3.16. The van der Waals surface area contributed by atoms with Crippen LogP contribution in [0.3, 0.4) is 0 Å². The Morgan fingerprint density at radius 2 is 1.65 bits per heavy atom. The summed E-state index contributed by atoms with van der Waals surface area (Å²) in [6, 6.07) is 9.60. The van der Waals surface area contributed by atoms with Gasteiger partial charge in [0.1, 0.15) is 0 Å². The zero-order valence-electron chi connectivity index (χ0n) is 16.8. The van der Waals surface area contributed by atoms with E-state index in [1.165, 1.54) is 37.1 Å². The maximum atomic E-state index is 12.4. The van der Waals surface area contributed by atoms with E-state index in [0.29, 0.717) is 12.6 Å². The van der Waals surface area contributed by atoms with Gasteiger partial charge < -0.3 is 15.1 Å². The Bertz CT molecular complexity index is 576. The summed E-state index contributed by atoms with van der Waals surface area (Å²) in [7, 11) is 0. The fourth-order valence-corrected chi connectivity index (χ4v) is 4.14. The number of hydrogen-bond donors (Lipinski definition) is 1. The molecule has 2 fully saturated rings. The van der Waals surface area contributed by atoms with Crippen molar-refractivity contribution in [1.29, 1.82) is 0 Å². The first-order chi connectivity index (χ1) is 12.4. The van der Waals surface area contributed by atoms with Crippen LogP contribution in [0.25, 0.3) is 0 Å². The van der Waals surface area contributed by atoms with Gasteiger partial charge in [-0.2, -0.15) is 0 Å². The van der Waals surface area contributed by atoms with Gasteiger partial charge in [-0.1, -0.05) is 45.0 Å². The number of likely N-dealkylation sites (tertiary alicyclic amines) is 2. The maximum Gasteiger partial charge on any atom is 0.317 e. The smallest absolute Gasteiger partial charge is 0.317 e. The summed E-state index contributed by atoms with van der Waals surface area (Å²) < 4.78 is 0. The van der Waals surface area contributed by atoms with Crippen LogP contribution >= 0.6 is 0 Å². The standard InChI is InChI=1S/C22H35N3O/c1-22(2,3)19-8-6-18(7-9-19)10-13-23-21(26)25-16-11-20(12-17-25)24-14-4-5-15-24/h6-9,20H,4-5,10-17H2,1-3H3,(H,23,26). The summed E-state index contributed by atoms with van der Waals surface area (Å²) in [5.74, 6) is 0. The number of nitrogens with one attached hydrogen (secondary N) is 1. The van der Waals surface area contributed by atoms with E-state index in [9.17, 15) is 4.79 Å². The number of amides is 2. The molecule has 0 unspecified atom stereocenters. The Kier molecular flexibility index (Phi) is 6.23. The van der Waals surface area contributed by atoms with Crippen molar-refractivity contribution in [1.82, 2.24) is 15.1 Å². The highest BCUT2D eigenvalue weighted by atomic mass is 16.2. The molecule has 26 heavy (non-hydrogen) atoms. The highest BCUT2D eigenvalue weighted by molar-refractivity contribution is 5.74. The predicted molar refractivity (Wildman–Crippen MR) is 108 cm³/mol. The van der Waals surface area contributed by atoms with E-state index in [4.69, 9.17) is 0 Å². The van der Waals surface area contributed by atoms with Gasteiger partial charge in [0.15, 0.2) is 0 Å². The Hall–Kier alpha value is -1.55. The Labute approximate surface area is 158 Å². The van der Waals surface area contributed by atoms with Crippen LogP contribution in [0.2, 0.25) is 0 Å². The third-order valence-corrected chi connectivity index (χ3v) is 5.92. The largest absolute Gasteiger partial charge is 0.338 e. The van der Waals surface area contributed by atoms with Crippen LogP contribution in [0.15, 0.2) is 24.3 Å². The van der Waals surface area contributed by atoms with E-state index in [1.54, 1.807) is 0 Å². The van der Waals surface area contributed by atoms with Crippen molar-refractivity contribution in [2.24, 2.45) is 0 Å². The highest BCUT2D eigenvalue weighted by Gasteiger charge is 2.28. The third-order valence-electron chi connectivity index (χ3n) is 5.92. The lowest BCUT2D eigenvalue weighted by molar-refractivity contribution is 0.134. The normalized spacial score (nSPS) is 19.7. The van der Waals surface area contributed by atoms with Crippen LogP contribution in [0, 0.1) is 0 Å². The number of carbonyl (C=O) groups is 1. The molecule has 1 N–H and O–H groups in total. The lowest BCUT2D eigenvalue weighted by atomic mass is 9.86. The zero-order valence-corrected chi connectivity index (χ0v) is 16.8. The summed E-state index contributed by atoms with van der Waals surface area (Å²) in [5.41, 5.74) is 2.82. The van der Waals surface area contributed by atoms with Crippen molar-refractivity contribution < 1.29 is 4.79 Å². The molecule has 2 aliphatic heterocycles. The van der Waals surface area contributed by atoms with Crippen molar-refractivity contribution >= 4 is 6.03 Å². The monoisotopic (exact) mass is 357 g/mol. The molecule has 0 spiro atoms. The molecule has 2 heterocycles. The van der Waals surface area contributed by atoms with Gasteiger partial charge in [-0.3, -0.25) is 0 Å². The molecule has 2 aliphatic rings. The number of hydrogen-bond acceptors (Lipinski definition) is 2. The molecule has 4 heteroatoms. The molecule has 1 aromatic rings. The van der Waals surface area contributed by atoms with Gasteiger partial charge in [0, 0.05) is 25.7 Å². The zero-order chi connectivity index (χ0) is 18.6. The minimum absolute atomic E-state index is 0.108. The van der Waals surface area contributed by atoms with Crippen molar-refractivity contribution in [3.8, 4) is 0 Å². The molecule has 1 aromatic carbocycles. The molecule has 4 nitrogen and oxygen atoms in total. The molecule has 0 bridgehead atoms. The predicted octanol–water partition coefficient (Wildman–Crippen LogP) is 3.80. The van der Waals surface area contributed by atoms with Crippen molar-refractivity contribution in [3.05, 3.63) is 35.4 Å². The fraction of sp³-hybridized carbons (Fsp3) is 0.682. The van der Waals surface area contributed by atoms with E-state index in [1.807, 2.05) is 4.90 Å². The number of benzene rings is 1. The second-order valence-electron chi connectivity index (χ2n) is 8.89. The van der Waals surface area contributed by atoms with E-state index >= 15 is 0 Å². The SMILES string of the molecule is CC(C)(C)c1ccc(CCNC(=O)N2CCC(N3CCCC3)CC2)cc1. The topological polar surface area (TPSA) is 35.6 Å². The number of urea groups is 1. The highest BCUT2D eigenvalue weighted by Crippen LogP contribution is 2.22. The van der Waals surface area contributed by atoms with Crippen LogP contribution in [0.4, 0.5) is 4.79 Å². The number of carbonyl (C=O) groups excluding carboxylic acids is 1. The van der Waals surface area contributed by atoms with Gasteiger partial charge >= 0.3 is 6.03 Å². The number of nitrogens with zero attached hydrogens (tertiary/aromatic N) is 2. The van der Waals surface area contributed by atoms with Crippen LogP contribution in [-0.2, 0) is 11.8 Å². The van der Waals surface area contributed by atoms with Crippen LogP contribution in [-0.4, -0.2) is 54.6 Å². The Morgan fingerprint density at radius 3 is 2.23 bits per heavy atom. The summed E-state index contributed by atoms with van der Waals surface area (Å²) in [6.07, 6.45) is 5.83. The summed E-state index contributed by atoms with van der Waals surface area (Å²) >= 11 is 0. The van der Waals surface area contributed by atoms with Gasteiger partial charge in [0.2, 0.25) is 0 Å². The fourth-order valence-electron chi connectivity index (χ4n) is 4.14. The Morgan fingerprint density at radius 1 is 1.04 bits per heavy atom. The summed E-state index contributed by atoms with van der Waals surface area (Å²) in [4.78, 5) is 17.0. The molecule has 0 atom stereocenters. The lowest BCUT2D eigenvalue weighted by Crippen LogP contribution is -2.49. The first-order valence-corrected chi connectivity index (χ1v) is 10.3. The van der Waals surface area contributed by atoms with Gasteiger partial charge in [-0.15, -0.1) is 0 Å². The van der Waals surface area contributed by atoms with E-state index in [2.05, 4.69) is 55.3 Å². The number of rotatable bonds is 4. The van der Waals surface area contributed by atoms with Crippen molar-refractivity contribution in [2.75, 3.05) is 32.7 Å².